The fourth-order valence-corrected chi connectivity index (χ4v) is 7.29. The van der Waals surface area contributed by atoms with E-state index >= 15 is 0 Å². The van der Waals surface area contributed by atoms with Gasteiger partial charge < -0.3 is 26.4 Å². The standard InChI is InChI=1S/C33H47N5O6S/c39-31(23-37-32(40)28(8-6-24-14-18-34-19-15-24)9-7-25-16-20-35-21-17-25)36-22-30(33(41)42)38-45(43,44)29-12-10-27(11-13-29)26-4-2-1-3-5-26/h1-5,10-13,24-25,28,30,34-35,38H,6-9,14-23H2,(H,36,39)(H,37,40)(H,41,42). The van der Waals surface area contributed by atoms with Gasteiger partial charge in [-0.25, -0.2) is 8.42 Å². The molecule has 2 heterocycles. The highest BCUT2D eigenvalue weighted by Crippen LogP contribution is 2.27. The largest absolute Gasteiger partial charge is 0.480 e. The number of carbonyl (C=O) groups excluding carboxylic acids is 2. The van der Waals surface area contributed by atoms with Gasteiger partial charge in [-0.15, -0.1) is 0 Å². The van der Waals surface area contributed by atoms with Crippen molar-refractivity contribution in [1.29, 1.82) is 0 Å². The molecule has 4 rings (SSSR count). The van der Waals surface area contributed by atoms with Gasteiger partial charge in [-0.2, -0.15) is 4.72 Å². The summed E-state index contributed by atoms with van der Waals surface area (Å²) < 4.78 is 28.0. The van der Waals surface area contributed by atoms with E-state index in [0.29, 0.717) is 11.8 Å². The van der Waals surface area contributed by atoms with Crippen molar-refractivity contribution in [3.63, 3.8) is 0 Å². The number of sulfonamides is 1. The van der Waals surface area contributed by atoms with Gasteiger partial charge in [0.05, 0.1) is 11.4 Å². The quantitative estimate of drug-likeness (QED) is 0.163. The van der Waals surface area contributed by atoms with Crippen molar-refractivity contribution in [3.8, 4) is 11.1 Å². The summed E-state index contributed by atoms with van der Waals surface area (Å²) in [6.07, 6.45) is 7.95. The summed E-state index contributed by atoms with van der Waals surface area (Å²) in [5.74, 6) is -1.17. The minimum atomic E-state index is -4.18. The van der Waals surface area contributed by atoms with Crippen molar-refractivity contribution >= 4 is 27.8 Å². The molecule has 0 saturated carbocycles. The Bertz CT molecular complexity index is 1320. The van der Waals surface area contributed by atoms with Crippen LogP contribution in [0.25, 0.3) is 11.1 Å². The molecule has 2 aliphatic rings. The Balaban J connectivity index is 1.26. The molecule has 0 spiro atoms. The maximum atomic E-state index is 13.2. The van der Waals surface area contributed by atoms with Crippen LogP contribution < -0.4 is 26.0 Å². The highest BCUT2D eigenvalue weighted by atomic mass is 32.2. The van der Waals surface area contributed by atoms with Crippen molar-refractivity contribution < 1.29 is 27.9 Å². The molecule has 2 saturated heterocycles. The van der Waals surface area contributed by atoms with Crippen molar-refractivity contribution in [3.05, 3.63) is 54.6 Å². The zero-order valence-electron chi connectivity index (χ0n) is 25.8. The number of carboxylic acid groups (broad SMARTS) is 1. The van der Waals surface area contributed by atoms with E-state index in [1.165, 1.54) is 12.1 Å². The van der Waals surface area contributed by atoms with E-state index < -0.39 is 34.5 Å². The first-order valence-electron chi connectivity index (χ1n) is 16.1. The second-order valence-electron chi connectivity index (χ2n) is 12.2. The number of benzene rings is 2. The van der Waals surface area contributed by atoms with Crippen LogP contribution in [0.15, 0.2) is 59.5 Å². The molecule has 11 nitrogen and oxygen atoms in total. The molecule has 1 atom stereocenters. The zero-order chi connectivity index (χ0) is 32.1. The van der Waals surface area contributed by atoms with Crippen LogP contribution in [0.4, 0.5) is 0 Å². The van der Waals surface area contributed by atoms with E-state index in [2.05, 4.69) is 26.0 Å². The molecule has 0 radical (unpaired) electrons. The first-order chi connectivity index (χ1) is 21.7. The van der Waals surface area contributed by atoms with Crippen molar-refractivity contribution in [2.45, 2.75) is 62.3 Å². The van der Waals surface area contributed by atoms with Gasteiger partial charge in [0.15, 0.2) is 0 Å². The van der Waals surface area contributed by atoms with Gasteiger partial charge in [-0.05, 0) is 113 Å². The summed E-state index contributed by atoms with van der Waals surface area (Å²) >= 11 is 0. The molecular formula is C33H47N5O6S. The number of amides is 2. The minimum Gasteiger partial charge on any atom is -0.480 e. The Morgan fingerprint density at radius 3 is 1.84 bits per heavy atom. The molecular weight excluding hydrogens is 594 g/mol. The maximum absolute atomic E-state index is 13.2. The average Bonchev–Trinajstić information content (AvgIpc) is 3.06. The van der Waals surface area contributed by atoms with E-state index in [0.717, 1.165) is 88.7 Å². The summed E-state index contributed by atoms with van der Waals surface area (Å²) in [6.45, 7) is 3.24. The number of piperidine rings is 2. The van der Waals surface area contributed by atoms with Gasteiger partial charge in [0.25, 0.3) is 0 Å². The Kier molecular flexibility index (Phi) is 13.4. The van der Waals surface area contributed by atoms with Gasteiger partial charge in [0, 0.05) is 12.5 Å². The minimum absolute atomic E-state index is 0.0907. The second-order valence-corrected chi connectivity index (χ2v) is 13.9. The number of carboxylic acids is 1. The fourth-order valence-electron chi connectivity index (χ4n) is 6.10. The van der Waals surface area contributed by atoms with Gasteiger partial charge in [-0.3, -0.25) is 14.4 Å². The lowest BCUT2D eigenvalue weighted by molar-refractivity contribution is -0.139. The number of carbonyl (C=O) groups is 3. The van der Waals surface area contributed by atoms with Crippen LogP contribution in [0.5, 0.6) is 0 Å². The number of nitrogens with one attached hydrogen (secondary N) is 5. The first kappa shape index (κ1) is 34.6. The summed E-state index contributed by atoms with van der Waals surface area (Å²) in [5.41, 5.74) is 1.74. The molecule has 12 heteroatoms. The predicted octanol–water partition coefficient (Wildman–Crippen LogP) is 2.49. The number of hydrogen-bond donors (Lipinski definition) is 6. The third-order valence-electron chi connectivity index (χ3n) is 8.93. The lowest BCUT2D eigenvalue weighted by Gasteiger charge is -2.27. The Labute approximate surface area is 266 Å². The van der Waals surface area contributed by atoms with Gasteiger partial charge in [0.1, 0.15) is 6.04 Å². The first-order valence-corrected chi connectivity index (χ1v) is 17.6. The van der Waals surface area contributed by atoms with Gasteiger partial charge in [0.2, 0.25) is 21.8 Å². The van der Waals surface area contributed by atoms with E-state index in [1.807, 2.05) is 30.3 Å². The van der Waals surface area contributed by atoms with Crippen molar-refractivity contribution in [1.82, 2.24) is 26.0 Å². The number of aliphatic carboxylic acids is 1. The second kappa shape index (κ2) is 17.4. The molecule has 45 heavy (non-hydrogen) atoms. The molecule has 1 unspecified atom stereocenters. The Morgan fingerprint density at radius 2 is 1.31 bits per heavy atom. The van der Waals surface area contributed by atoms with Crippen molar-refractivity contribution in [2.75, 3.05) is 39.3 Å². The van der Waals surface area contributed by atoms with E-state index in [9.17, 15) is 27.9 Å². The van der Waals surface area contributed by atoms with E-state index in [4.69, 9.17) is 0 Å². The highest BCUT2D eigenvalue weighted by molar-refractivity contribution is 7.89. The van der Waals surface area contributed by atoms with Gasteiger partial charge >= 0.3 is 5.97 Å². The van der Waals surface area contributed by atoms with Crippen LogP contribution >= 0.6 is 0 Å². The molecule has 2 fully saturated rings. The van der Waals surface area contributed by atoms with Crippen LogP contribution in [0.1, 0.15) is 51.4 Å². The Hall–Kier alpha value is -3.32. The summed E-state index contributed by atoms with van der Waals surface area (Å²) in [7, 11) is -4.18. The third kappa shape index (κ3) is 11.2. The highest BCUT2D eigenvalue weighted by Gasteiger charge is 2.27. The summed E-state index contributed by atoms with van der Waals surface area (Å²) in [4.78, 5) is 37.6. The third-order valence-corrected chi connectivity index (χ3v) is 10.4. The molecule has 0 aromatic heterocycles. The summed E-state index contributed by atoms with van der Waals surface area (Å²) in [5, 5.41) is 21.6. The molecule has 6 N–H and O–H groups in total. The van der Waals surface area contributed by atoms with E-state index in [1.54, 1.807) is 12.1 Å². The van der Waals surface area contributed by atoms with Crippen LogP contribution in [0, 0.1) is 17.8 Å². The number of rotatable bonds is 16. The monoisotopic (exact) mass is 641 g/mol. The fraction of sp³-hybridized carbons (Fsp3) is 0.545. The van der Waals surface area contributed by atoms with Crippen molar-refractivity contribution in [2.24, 2.45) is 17.8 Å². The predicted molar refractivity (Wildman–Crippen MR) is 173 cm³/mol. The average molecular weight is 642 g/mol. The molecule has 2 aromatic rings. The SMILES string of the molecule is O=C(CNC(=O)C(CCC1CCNCC1)CCC1CCNCC1)NCC(NS(=O)(=O)c1ccc(-c2ccccc2)cc1)C(=O)O. The van der Waals surface area contributed by atoms with Gasteiger partial charge in [-0.1, -0.05) is 42.5 Å². The molecule has 2 aliphatic heterocycles. The summed E-state index contributed by atoms with van der Waals surface area (Å²) in [6, 6.07) is 14.0. The molecule has 2 aromatic carbocycles. The lowest BCUT2D eigenvalue weighted by atomic mass is 9.84. The Morgan fingerprint density at radius 1 is 0.778 bits per heavy atom. The lowest BCUT2D eigenvalue weighted by Crippen LogP contribution is -2.50. The maximum Gasteiger partial charge on any atom is 0.323 e. The molecule has 2 amide bonds. The number of hydrogen-bond acceptors (Lipinski definition) is 7. The molecule has 0 aliphatic carbocycles. The smallest absolute Gasteiger partial charge is 0.323 e. The normalized spacial score (nSPS) is 17.1. The van der Waals surface area contributed by atoms with Crippen LogP contribution in [-0.4, -0.2) is 76.6 Å². The topological polar surface area (TPSA) is 166 Å². The molecule has 246 valence electrons. The van der Waals surface area contributed by atoms with Crippen LogP contribution in [0.2, 0.25) is 0 Å². The van der Waals surface area contributed by atoms with Crippen LogP contribution in [0.3, 0.4) is 0 Å². The van der Waals surface area contributed by atoms with E-state index in [-0.39, 0.29) is 23.3 Å². The molecule has 0 bridgehead atoms. The zero-order valence-corrected chi connectivity index (χ0v) is 26.6. The van der Waals surface area contributed by atoms with Crippen LogP contribution in [-0.2, 0) is 24.4 Å².